The summed E-state index contributed by atoms with van der Waals surface area (Å²) >= 11 is 1.30. The van der Waals surface area contributed by atoms with Gasteiger partial charge in [0.1, 0.15) is 0 Å². The highest BCUT2D eigenvalue weighted by atomic mass is 32.2. The SMILES string of the molecule is CSC(=Nc1ccc2c3c(cccc13)C(=O)N(c1ccccc1)C2=O)NC#N. The van der Waals surface area contributed by atoms with Crippen molar-refractivity contribution in [1.82, 2.24) is 5.32 Å². The van der Waals surface area contributed by atoms with Crippen molar-refractivity contribution in [2.24, 2.45) is 4.99 Å². The molecule has 0 bridgehead atoms. The largest absolute Gasteiger partial charge is 0.271 e. The van der Waals surface area contributed by atoms with Crippen LogP contribution in [0.25, 0.3) is 10.8 Å². The quantitative estimate of drug-likeness (QED) is 0.236. The summed E-state index contributed by atoms with van der Waals surface area (Å²) in [6, 6.07) is 17.6. The van der Waals surface area contributed by atoms with Crippen LogP contribution in [0.15, 0.2) is 65.7 Å². The number of nitrogens with zero attached hydrogens (tertiary/aromatic N) is 3. The molecular weight excluding hydrogens is 372 g/mol. The van der Waals surface area contributed by atoms with E-state index in [-0.39, 0.29) is 11.8 Å². The summed E-state index contributed by atoms with van der Waals surface area (Å²) in [6.07, 6.45) is 3.66. The van der Waals surface area contributed by atoms with Crippen LogP contribution < -0.4 is 10.2 Å². The molecule has 3 aromatic carbocycles. The first kappa shape index (κ1) is 17.8. The number of nitrogens with one attached hydrogen (secondary N) is 1. The van der Waals surface area contributed by atoms with Gasteiger partial charge in [-0.3, -0.25) is 14.9 Å². The second-order valence-corrected chi connectivity index (χ2v) is 6.79. The number of benzene rings is 3. The molecule has 28 heavy (non-hydrogen) atoms. The lowest BCUT2D eigenvalue weighted by molar-refractivity contribution is 0.0893. The molecule has 4 rings (SSSR count). The van der Waals surface area contributed by atoms with Gasteiger partial charge in [0.05, 0.1) is 11.4 Å². The molecule has 0 saturated carbocycles. The molecular formula is C21H14N4O2S. The molecule has 1 aliphatic rings. The number of para-hydroxylation sites is 1. The van der Waals surface area contributed by atoms with Crippen LogP contribution in [0.4, 0.5) is 11.4 Å². The third-order valence-corrected chi connectivity index (χ3v) is 5.06. The summed E-state index contributed by atoms with van der Waals surface area (Å²) in [5, 5.41) is 13.1. The summed E-state index contributed by atoms with van der Waals surface area (Å²) < 4.78 is 0. The lowest BCUT2D eigenvalue weighted by atomic mass is 9.93. The van der Waals surface area contributed by atoms with Gasteiger partial charge in [0.25, 0.3) is 11.8 Å². The van der Waals surface area contributed by atoms with Crippen molar-refractivity contribution in [3.8, 4) is 6.19 Å². The smallest absolute Gasteiger partial charge is 0.265 e. The first-order valence-electron chi connectivity index (χ1n) is 8.43. The Morgan fingerprint density at radius 1 is 1.00 bits per heavy atom. The molecule has 1 N–H and O–H groups in total. The van der Waals surface area contributed by atoms with E-state index >= 15 is 0 Å². The van der Waals surface area contributed by atoms with Crippen LogP contribution in [0.1, 0.15) is 20.7 Å². The van der Waals surface area contributed by atoms with Gasteiger partial charge in [0.15, 0.2) is 11.4 Å². The number of amides is 2. The number of hydrogen-bond acceptors (Lipinski definition) is 5. The molecule has 2 amide bonds. The molecule has 3 aromatic rings. The predicted octanol–water partition coefficient (Wildman–Crippen LogP) is 4.06. The molecule has 0 saturated heterocycles. The molecule has 0 atom stereocenters. The minimum Gasteiger partial charge on any atom is -0.271 e. The Bertz CT molecular complexity index is 1160. The fourth-order valence-corrected chi connectivity index (χ4v) is 3.61. The normalized spacial score (nSPS) is 13.6. The summed E-state index contributed by atoms with van der Waals surface area (Å²) in [4.78, 5) is 31.9. The van der Waals surface area contributed by atoms with Crippen LogP contribution in [-0.4, -0.2) is 23.2 Å². The summed E-state index contributed by atoms with van der Waals surface area (Å²) in [5.74, 6) is -0.730. The van der Waals surface area contributed by atoms with Crippen molar-refractivity contribution in [2.75, 3.05) is 11.2 Å². The summed E-state index contributed by atoms with van der Waals surface area (Å²) in [7, 11) is 0. The number of amidine groups is 1. The first-order chi connectivity index (χ1) is 13.7. The van der Waals surface area contributed by atoms with E-state index in [4.69, 9.17) is 5.26 Å². The van der Waals surface area contributed by atoms with Gasteiger partial charge in [0.2, 0.25) is 0 Å². The average molecular weight is 386 g/mol. The van der Waals surface area contributed by atoms with E-state index in [1.807, 2.05) is 18.3 Å². The third-order valence-electron chi connectivity index (χ3n) is 4.48. The monoisotopic (exact) mass is 386 g/mol. The van der Waals surface area contributed by atoms with E-state index in [1.54, 1.807) is 54.8 Å². The molecule has 136 valence electrons. The first-order valence-corrected chi connectivity index (χ1v) is 9.65. The molecule has 0 radical (unpaired) electrons. The number of thioether (sulfide) groups is 1. The summed E-state index contributed by atoms with van der Waals surface area (Å²) in [5.41, 5.74) is 2.02. The topological polar surface area (TPSA) is 85.6 Å². The third kappa shape index (κ3) is 2.80. The zero-order chi connectivity index (χ0) is 19.7. The van der Waals surface area contributed by atoms with Gasteiger partial charge in [-0.2, -0.15) is 5.26 Å². The molecule has 0 spiro atoms. The number of hydrogen-bond donors (Lipinski definition) is 1. The van der Waals surface area contributed by atoms with Gasteiger partial charge in [-0.15, -0.1) is 0 Å². The molecule has 0 aliphatic carbocycles. The maximum absolute atomic E-state index is 13.1. The van der Waals surface area contributed by atoms with Gasteiger partial charge in [0, 0.05) is 21.9 Å². The molecule has 1 heterocycles. The predicted molar refractivity (Wildman–Crippen MR) is 111 cm³/mol. The number of aliphatic imine (C=N–C) groups is 1. The molecule has 7 heteroatoms. The van der Waals surface area contributed by atoms with Gasteiger partial charge in [-0.1, -0.05) is 42.1 Å². The van der Waals surface area contributed by atoms with Crippen LogP contribution in [-0.2, 0) is 0 Å². The van der Waals surface area contributed by atoms with Crippen molar-refractivity contribution in [3.05, 3.63) is 71.8 Å². The molecule has 0 unspecified atom stereocenters. The van der Waals surface area contributed by atoms with Crippen LogP contribution in [0, 0.1) is 11.5 Å². The molecule has 1 aliphatic heterocycles. The van der Waals surface area contributed by atoms with Gasteiger partial charge >= 0.3 is 0 Å². The van der Waals surface area contributed by atoms with Gasteiger partial charge in [-0.25, -0.2) is 9.89 Å². The Kier molecular flexibility index (Phi) is 4.55. The Balaban J connectivity index is 1.93. The van der Waals surface area contributed by atoms with E-state index < -0.39 is 0 Å². The molecule has 0 aromatic heterocycles. The maximum Gasteiger partial charge on any atom is 0.265 e. The number of carbonyl (C=O) groups excluding carboxylic acids is 2. The Labute approximate surface area is 165 Å². The highest BCUT2D eigenvalue weighted by molar-refractivity contribution is 8.13. The zero-order valence-corrected chi connectivity index (χ0v) is 15.7. The zero-order valence-electron chi connectivity index (χ0n) is 14.8. The van der Waals surface area contributed by atoms with Crippen LogP contribution in [0.2, 0.25) is 0 Å². The number of carbonyl (C=O) groups is 2. The van der Waals surface area contributed by atoms with E-state index in [0.29, 0.717) is 38.4 Å². The standard InChI is InChI=1S/C21H14N4O2S/c1-28-21(23-12-22)24-17-11-10-16-18-14(17)8-5-9-15(18)19(26)25(20(16)27)13-6-3-2-4-7-13/h2-11H,1H3,(H,23,24). The van der Waals surface area contributed by atoms with Crippen LogP contribution in [0.3, 0.4) is 0 Å². The molecule has 0 fully saturated rings. The van der Waals surface area contributed by atoms with E-state index in [2.05, 4.69) is 10.3 Å². The Hall–Kier alpha value is -3.63. The number of anilines is 1. The lowest BCUT2D eigenvalue weighted by Crippen LogP contribution is -2.40. The van der Waals surface area contributed by atoms with E-state index in [1.165, 1.54) is 16.7 Å². The van der Waals surface area contributed by atoms with Crippen LogP contribution in [0.5, 0.6) is 0 Å². The van der Waals surface area contributed by atoms with Crippen LogP contribution >= 0.6 is 11.8 Å². The highest BCUT2D eigenvalue weighted by Crippen LogP contribution is 2.37. The fourth-order valence-electron chi connectivity index (χ4n) is 3.27. The van der Waals surface area contributed by atoms with E-state index in [9.17, 15) is 9.59 Å². The second-order valence-electron chi connectivity index (χ2n) is 6.00. The number of nitriles is 1. The fraction of sp³-hybridized carbons (Fsp3) is 0.0476. The van der Waals surface area contributed by atoms with Crippen molar-refractivity contribution in [2.45, 2.75) is 0 Å². The van der Waals surface area contributed by atoms with Gasteiger partial charge in [-0.05, 0) is 36.6 Å². The van der Waals surface area contributed by atoms with Crippen molar-refractivity contribution < 1.29 is 9.59 Å². The summed E-state index contributed by atoms with van der Waals surface area (Å²) in [6.45, 7) is 0. The Morgan fingerprint density at radius 2 is 1.71 bits per heavy atom. The molecule has 6 nitrogen and oxygen atoms in total. The number of rotatable bonds is 2. The van der Waals surface area contributed by atoms with Gasteiger partial charge < -0.3 is 0 Å². The maximum atomic E-state index is 13.1. The second kappa shape index (κ2) is 7.18. The van der Waals surface area contributed by atoms with Crippen molar-refractivity contribution in [3.63, 3.8) is 0 Å². The van der Waals surface area contributed by atoms with Crippen molar-refractivity contribution in [1.29, 1.82) is 5.26 Å². The lowest BCUT2D eigenvalue weighted by Gasteiger charge is -2.27. The average Bonchev–Trinajstić information content (AvgIpc) is 2.73. The number of imide groups is 1. The minimum atomic E-state index is -0.365. The van der Waals surface area contributed by atoms with Crippen molar-refractivity contribution >= 4 is 50.9 Å². The highest BCUT2D eigenvalue weighted by Gasteiger charge is 2.34. The Morgan fingerprint density at radius 3 is 2.39 bits per heavy atom. The van der Waals surface area contributed by atoms with E-state index in [0.717, 1.165) is 0 Å². The minimum absolute atomic E-state index is 0.365.